The average Bonchev–Trinajstić information content (AvgIpc) is 3.33. The monoisotopic (exact) mass is 390 g/mol. The smallest absolute Gasteiger partial charge is 0.227 e. The third-order valence-electron chi connectivity index (χ3n) is 5.15. The van der Waals surface area contributed by atoms with Crippen LogP contribution in [0.3, 0.4) is 0 Å². The summed E-state index contributed by atoms with van der Waals surface area (Å²) in [5, 5.41) is 6.89. The molecule has 1 saturated heterocycles. The van der Waals surface area contributed by atoms with Crippen LogP contribution in [0.2, 0.25) is 0 Å². The van der Waals surface area contributed by atoms with Gasteiger partial charge in [0.1, 0.15) is 0 Å². The number of aryl methyl sites for hydroxylation is 2. The van der Waals surface area contributed by atoms with Gasteiger partial charge in [-0.1, -0.05) is 41.6 Å². The van der Waals surface area contributed by atoms with E-state index in [0.29, 0.717) is 24.8 Å². The second-order valence-electron chi connectivity index (χ2n) is 7.24. The van der Waals surface area contributed by atoms with Crippen molar-refractivity contribution in [3.63, 3.8) is 0 Å². The van der Waals surface area contributed by atoms with E-state index in [1.165, 1.54) is 0 Å². The van der Waals surface area contributed by atoms with Crippen LogP contribution in [0.25, 0.3) is 11.4 Å². The lowest BCUT2D eigenvalue weighted by Crippen LogP contribution is -2.32. The maximum atomic E-state index is 12.6. The van der Waals surface area contributed by atoms with Gasteiger partial charge in [0.25, 0.3) is 0 Å². The lowest BCUT2D eigenvalue weighted by atomic mass is 10.1. The minimum Gasteiger partial charge on any atom is -0.352 e. The molecule has 0 radical (unpaired) electrons. The van der Waals surface area contributed by atoms with Gasteiger partial charge in [-0.15, -0.1) is 0 Å². The third kappa shape index (κ3) is 4.03. The molecule has 3 aromatic rings. The normalized spacial score (nSPS) is 16.3. The topological polar surface area (TPSA) is 88.3 Å². The van der Waals surface area contributed by atoms with Crippen molar-refractivity contribution in [1.82, 2.24) is 15.5 Å². The number of carbonyl (C=O) groups is 2. The molecule has 2 aromatic carbocycles. The Balaban J connectivity index is 1.44. The second kappa shape index (κ2) is 7.87. The SMILES string of the molecule is Cc1nc(-c2cccc(N3C[C@H](C(=O)NCc4ccccc4C)CC3=O)c2)no1. The number of anilines is 1. The maximum Gasteiger partial charge on any atom is 0.227 e. The van der Waals surface area contributed by atoms with Crippen LogP contribution in [0.15, 0.2) is 53.1 Å². The van der Waals surface area contributed by atoms with Crippen molar-refractivity contribution >= 4 is 17.5 Å². The highest BCUT2D eigenvalue weighted by Gasteiger charge is 2.35. The number of nitrogens with one attached hydrogen (secondary N) is 1. The number of aromatic nitrogens is 2. The van der Waals surface area contributed by atoms with Gasteiger partial charge in [-0.25, -0.2) is 0 Å². The van der Waals surface area contributed by atoms with Crippen LogP contribution < -0.4 is 10.2 Å². The highest BCUT2D eigenvalue weighted by molar-refractivity contribution is 6.00. The van der Waals surface area contributed by atoms with Gasteiger partial charge >= 0.3 is 0 Å². The van der Waals surface area contributed by atoms with Gasteiger partial charge < -0.3 is 14.7 Å². The van der Waals surface area contributed by atoms with E-state index in [4.69, 9.17) is 4.52 Å². The molecule has 148 valence electrons. The fourth-order valence-electron chi connectivity index (χ4n) is 3.50. The molecule has 0 spiro atoms. The highest BCUT2D eigenvalue weighted by Crippen LogP contribution is 2.28. The molecule has 0 saturated carbocycles. The largest absolute Gasteiger partial charge is 0.352 e. The Morgan fingerprint density at radius 2 is 2.03 bits per heavy atom. The van der Waals surface area contributed by atoms with E-state index in [2.05, 4.69) is 15.5 Å². The predicted octanol–water partition coefficient (Wildman–Crippen LogP) is 3.02. The first-order valence-corrected chi connectivity index (χ1v) is 9.54. The zero-order valence-corrected chi connectivity index (χ0v) is 16.4. The van der Waals surface area contributed by atoms with Gasteiger partial charge in [0.2, 0.25) is 23.5 Å². The summed E-state index contributed by atoms with van der Waals surface area (Å²) in [6.07, 6.45) is 0.200. The van der Waals surface area contributed by atoms with Crippen molar-refractivity contribution in [1.29, 1.82) is 0 Å². The lowest BCUT2D eigenvalue weighted by molar-refractivity contribution is -0.126. The molecular weight excluding hydrogens is 368 g/mol. The van der Waals surface area contributed by atoms with E-state index in [-0.39, 0.29) is 24.2 Å². The van der Waals surface area contributed by atoms with Crippen LogP contribution in [0.4, 0.5) is 5.69 Å². The van der Waals surface area contributed by atoms with Crippen LogP contribution in [-0.4, -0.2) is 28.5 Å². The molecule has 1 aromatic heterocycles. The van der Waals surface area contributed by atoms with E-state index < -0.39 is 0 Å². The molecule has 29 heavy (non-hydrogen) atoms. The standard InChI is InChI=1S/C22H22N4O3/c1-14-6-3-4-7-17(14)12-23-22(28)18-11-20(27)26(13-18)19-9-5-8-16(10-19)21-24-15(2)29-25-21/h3-10,18H,11-13H2,1-2H3,(H,23,28)/t18-/m1/s1. The Bertz CT molecular complexity index is 1060. The first-order valence-electron chi connectivity index (χ1n) is 9.54. The van der Waals surface area contributed by atoms with Crippen molar-refractivity contribution in [2.75, 3.05) is 11.4 Å². The van der Waals surface area contributed by atoms with E-state index in [9.17, 15) is 9.59 Å². The van der Waals surface area contributed by atoms with Gasteiger partial charge in [-0.3, -0.25) is 9.59 Å². The van der Waals surface area contributed by atoms with Gasteiger partial charge in [0, 0.05) is 37.7 Å². The van der Waals surface area contributed by atoms with Gasteiger partial charge in [-0.05, 0) is 30.2 Å². The second-order valence-corrected chi connectivity index (χ2v) is 7.24. The summed E-state index contributed by atoms with van der Waals surface area (Å²) < 4.78 is 5.03. The van der Waals surface area contributed by atoms with Gasteiger partial charge in [0.15, 0.2) is 0 Å². The molecule has 1 aliphatic rings. The number of hydrogen-bond donors (Lipinski definition) is 1. The minimum atomic E-state index is -0.373. The van der Waals surface area contributed by atoms with E-state index in [1.807, 2.05) is 55.5 Å². The van der Waals surface area contributed by atoms with Gasteiger partial charge in [0.05, 0.1) is 5.92 Å². The van der Waals surface area contributed by atoms with Crippen LogP contribution in [0.5, 0.6) is 0 Å². The van der Waals surface area contributed by atoms with E-state index >= 15 is 0 Å². The molecule has 1 N–H and O–H groups in total. The molecule has 4 rings (SSSR count). The summed E-state index contributed by atoms with van der Waals surface area (Å²) in [4.78, 5) is 31.1. The summed E-state index contributed by atoms with van der Waals surface area (Å²) in [6, 6.07) is 15.3. The summed E-state index contributed by atoms with van der Waals surface area (Å²) >= 11 is 0. The van der Waals surface area contributed by atoms with Crippen molar-refractivity contribution in [3.05, 3.63) is 65.5 Å². The molecule has 0 aliphatic carbocycles. The van der Waals surface area contributed by atoms with Crippen LogP contribution in [0.1, 0.15) is 23.4 Å². The molecule has 1 fully saturated rings. The zero-order valence-electron chi connectivity index (χ0n) is 16.4. The lowest BCUT2D eigenvalue weighted by Gasteiger charge is -2.17. The summed E-state index contributed by atoms with van der Waals surface area (Å²) in [5.74, 6) is 0.413. The fourth-order valence-corrected chi connectivity index (χ4v) is 3.50. The molecule has 0 bridgehead atoms. The maximum absolute atomic E-state index is 12.6. The Labute approximate surface area is 168 Å². The Morgan fingerprint density at radius 1 is 1.21 bits per heavy atom. The molecule has 7 nitrogen and oxygen atoms in total. The van der Waals surface area contributed by atoms with Crippen LogP contribution >= 0.6 is 0 Å². The van der Waals surface area contributed by atoms with Crippen LogP contribution in [-0.2, 0) is 16.1 Å². The fraction of sp³-hybridized carbons (Fsp3) is 0.273. The number of rotatable bonds is 5. The molecule has 2 amide bonds. The molecule has 1 aliphatic heterocycles. The molecule has 0 unspecified atom stereocenters. The molecular formula is C22H22N4O3. The number of hydrogen-bond acceptors (Lipinski definition) is 5. The predicted molar refractivity (Wildman–Crippen MR) is 108 cm³/mol. The first kappa shape index (κ1) is 18.9. The van der Waals surface area contributed by atoms with Crippen LogP contribution in [0, 0.1) is 19.8 Å². The summed E-state index contributed by atoms with van der Waals surface area (Å²) in [5.41, 5.74) is 3.69. The third-order valence-corrected chi connectivity index (χ3v) is 5.15. The number of amides is 2. The van der Waals surface area contributed by atoms with E-state index in [1.54, 1.807) is 11.8 Å². The van der Waals surface area contributed by atoms with E-state index in [0.717, 1.165) is 22.4 Å². The zero-order chi connectivity index (χ0) is 20.4. The average molecular weight is 390 g/mol. The minimum absolute atomic E-state index is 0.0671. The van der Waals surface area contributed by atoms with Crippen molar-refractivity contribution in [2.24, 2.45) is 5.92 Å². The molecule has 2 heterocycles. The molecule has 7 heteroatoms. The number of carbonyl (C=O) groups excluding carboxylic acids is 2. The Kier molecular flexibility index (Phi) is 5.12. The van der Waals surface area contributed by atoms with Crippen molar-refractivity contribution < 1.29 is 14.1 Å². The number of nitrogens with zero attached hydrogens (tertiary/aromatic N) is 3. The Hall–Kier alpha value is -3.48. The quantitative estimate of drug-likeness (QED) is 0.723. The van der Waals surface area contributed by atoms with Crippen molar-refractivity contribution in [3.8, 4) is 11.4 Å². The number of benzene rings is 2. The first-order chi connectivity index (χ1) is 14.0. The highest BCUT2D eigenvalue weighted by atomic mass is 16.5. The molecule has 1 atom stereocenters. The summed E-state index contributed by atoms with van der Waals surface area (Å²) in [6.45, 7) is 4.56. The van der Waals surface area contributed by atoms with Gasteiger partial charge in [-0.2, -0.15) is 4.98 Å². The van der Waals surface area contributed by atoms with Crippen molar-refractivity contribution in [2.45, 2.75) is 26.8 Å². The Morgan fingerprint density at radius 3 is 2.79 bits per heavy atom. The summed E-state index contributed by atoms with van der Waals surface area (Å²) in [7, 11) is 0.